The van der Waals surface area contributed by atoms with E-state index in [2.05, 4.69) is 121 Å². The Hall–Kier alpha value is -7.36. The van der Waals surface area contributed by atoms with E-state index < -0.39 is 0 Å². The van der Waals surface area contributed by atoms with Crippen LogP contribution in [-0.4, -0.2) is 24.1 Å². The summed E-state index contributed by atoms with van der Waals surface area (Å²) in [6.07, 6.45) is 0. The third-order valence-corrected chi connectivity index (χ3v) is 10.8. The van der Waals surface area contributed by atoms with E-state index in [1.807, 2.05) is 66.7 Å². The Morgan fingerprint density at radius 3 is 1.23 bits per heavy atom. The summed E-state index contributed by atoms with van der Waals surface area (Å²) in [6.45, 7) is 17.3. The molecule has 0 amide bonds. The van der Waals surface area contributed by atoms with E-state index in [1.54, 1.807) is 0 Å². The summed E-state index contributed by atoms with van der Waals surface area (Å²) in [7, 11) is 0. The molecule has 7 aromatic carbocycles. The Kier molecular flexibility index (Phi) is 7.65. The van der Waals surface area contributed by atoms with Crippen LogP contribution in [0.25, 0.3) is 94.0 Å². The first-order chi connectivity index (χ1) is 27.3. The fourth-order valence-electron chi connectivity index (χ4n) is 8.17. The number of aromatic nitrogens is 5. The fraction of sp³-hybridized carbons (Fsp3) is 0.0800. The van der Waals surface area contributed by atoms with Gasteiger partial charge in [0.1, 0.15) is 0 Å². The molecule has 10 aromatic rings. The van der Waals surface area contributed by atoms with E-state index >= 15 is 0 Å². The maximum Gasteiger partial charge on any atom is 0.213 e. The third kappa shape index (κ3) is 5.36. The van der Waals surface area contributed by atoms with E-state index in [1.165, 1.54) is 33.0 Å². The van der Waals surface area contributed by atoms with Crippen molar-refractivity contribution in [3.05, 3.63) is 179 Å². The molecule has 0 fully saturated rings. The van der Waals surface area contributed by atoms with Gasteiger partial charge in [0, 0.05) is 43.9 Å². The van der Waals surface area contributed by atoms with E-state index in [0.717, 1.165) is 60.9 Å². The van der Waals surface area contributed by atoms with Gasteiger partial charge in [0.05, 0.1) is 34.3 Å². The Balaban J connectivity index is 1.37. The normalized spacial score (nSPS) is 11.6. The molecule has 6 heteroatoms. The zero-order valence-corrected chi connectivity index (χ0v) is 31.5. The molecule has 6 nitrogen and oxygen atoms in total. The maximum absolute atomic E-state index is 8.84. The van der Waals surface area contributed by atoms with Crippen LogP contribution in [0.5, 0.6) is 0 Å². The first-order valence-electron chi connectivity index (χ1n) is 18.8. The predicted molar refractivity (Wildman–Crippen MR) is 230 cm³/mol. The Bertz CT molecular complexity index is 3060. The highest BCUT2D eigenvalue weighted by Gasteiger charge is 2.25. The third-order valence-electron chi connectivity index (χ3n) is 10.8. The highest BCUT2D eigenvalue weighted by molar-refractivity contribution is 6.12. The summed E-state index contributed by atoms with van der Waals surface area (Å²) in [5.41, 5.74) is 13.5. The lowest BCUT2D eigenvalue weighted by atomic mass is 10.1. The number of fused-ring (bicyclic) bond motifs is 6. The molecular weight excluding hydrogens is 685 g/mol. The van der Waals surface area contributed by atoms with Crippen molar-refractivity contribution >= 4 is 49.3 Å². The van der Waals surface area contributed by atoms with Crippen molar-refractivity contribution in [3.63, 3.8) is 0 Å². The summed E-state index contributed by atoms with van der Waals surface area (Å²) in [4.78, 5) is 19.9. The molecule has 0 radical (unpaired) electrons. The summed E-state index contributed by atoms with van der Waals surface area (Å²) in [5.74, 6) is 1.61. The SMILES string of the molecule is [C-]#[N+]c1cc(-n2c3ccc(C)cc3c3cc(C)ccc32)cc(-c2nc(-c3ccccc3)nc(-c3ccccc3)n2)c1-n1c2ccc(C)cc2c2cc(C)ccc21. The molecule has 10 rings (SSSR count). The molecule has 3 heterocycles. The van der Waals surface area contributed by atoms with Gasteiger partial charge in [-0.15, -0.1) is 0 Å². The van der Waals surface area contributed by atoms with Crippen molar-refractivity contribution in [2.45, 2.75) is 27.7 Å². The number of hydrogen-bond acceptors (Lipinski definition) is 3. The minimum absolute atomic E-state index is 0.487. The van der Waals surface area contributed by atoms with Crippen LogP contribution in [-0.2, 0) is 0 Å². The van der Waals surface area contributed by atoms with Crippen molar-refractivity contribution < 1.29 is 0 Å². The summed E-state index contributed by atoms with van der Waals surface area (Å²) in [6, 6.07) is 50.6. The molecule has 0 saturated heterocycles. The standard InChI is InChI=1S/C50H36N6/c1-30-16-20-43-37(24-30)38-25-31(2)17-21-44(38)55(43)36-28-41(50-53-48(34-12-8-6-9-13-34)52-49(54-50)35-14-10-7-11-15-35)47(42(29-36)51-5)56-45-22-18-32(3)26-39(45)40-27-33(4)19-23-46(40)56/h6-29H,1-4H3. The Labute approximate surface area is 324 Å². The van der Waals surface area contributed by atoms with E-state index in [4.69, 9.17) is 21.5 Å². The fourth-order valence-corrected chi connectivity index (χ4v) is 8.17. The quantitative estimate of drug-likeness (QED) is 0.166. The van der Waals surface area contributed by atoms with Crippen LogP contribution in [0.3, 0.4) is 0 Å². The van der Waals surface area contributed by atoms with Crippen LogP contribution in [0.2, 0.25) is 0 Å². The summed E-state index contributed by atoms with van der Waals surface area (Å²) < 4.78 is 4.52. The van der Waals surface area contributed by atoms with Crippen LogP contribution in [0.4, 0.5) is 5.69 Å². The molecule has 0 bridgehead atoms. The van der Waals surface area contributed by atoms with Gasteiger partial charge in [-0.3, -0.25) is 0 Å². The second kappa shape index (κ2) is 12.9. The molecule has 0 N–H and O–H groups in total. The molecule has 0 aliphatic carbocycles. The molecule has 3 aromatic heterocycles. The van der Waals surface area contributed by atoms with Gasteiger partial charge in [0.25, 0.3) is 0 Å². The number of nitrogens with zero attached hydrogens (tertiary/aromatic N) is 6. The summed E-state index contributed by atoms with van der Waals surface area (Å²) >= 11 is 0. The molecule has 0 saturated carbocycles. The topological polar surface area (TPSA) is 52.9 Å². The van der Waals surface area contributed by atoms with Crippen molar-refractivity contribution in [3.8, 4) is 45.5 Å². The van der Waals surface area contributed by atoms with Crippen molar-refractivity contribution in [2.75, 3.05) is 0 Å². The van der Waals surface area contributed by atoms with Crippen LogP contribution in [0.1, 0.15) is 22.3 Å². The van der Waals surface area contributed by atoms with Crippen LogP contribution >= 0.6 is 0 Å². The number of hydrogen-bond donors (Lipinski definition) is 0. The second-order valence-electron chi connectivity index (χ2n) is 14.8. The highest BCUT2D eigenvalue weighted by atomic mass is 15.1. The largest absolute Gasteiger partial charge is 0.318 e. The summed E-state index contributed by atoms with van der Waals surface area (Å²) in [5, 5.41) is 4.61. The molecular formula is C50H36N6. The monoisotopic (exact) mass is 720 g/mol. The lowest BCUT2D eigenvalue weighted by molar-refractivity contribution is 1.06. The van der Waals surface area contributed by atoms with Crippen molar-refractivity contribution in [1.29, 1.82) is 0 Å². The van der Waals surface area contributed by atoms with Gasteiger partial charge in [-0.25, -0.2) is 19.8 Å². The van der Waals surface area contributed by atoms with Crippen molar-refractivity contribution in [2.24, 2.45) is 0 Å². The van der Waals surface area contributed by atoms with Gasteiger partial charge in [0.2, 0.25) is 5.69 Å². The number of benzene rings is 7. The van der Waals surface area contributed by atoms with Gasteiger partial charge in [0.15, 0.2) is 17.5 Å². The first kappa shape index (κ1) is 33.2. The lowest BCUT2D eigenvalue weighted by Gasteiger charge is -2.19. The number of rotatable bonds is 5. The van der Waals surface area contributed by atoms with Crippen molar-refractivity contribution in [1.82, 2.24) is 24.1 Å². The zero-order valence-electron chi connectivity index (χ0n) is 31.5. The molecule has 0 atom stereocenters. The number of aryl methyl sites for hydroxylation is 4. The smallest absolute Gasteiger partial charge is 0.213 e. The molecule has 0 aliphatic heterocycles. The zero-order chi connectivity index (χ0) is 38.1. The minimum Gasteiger partial charge on any atom is -0.318 e. The van der Waals surface area contributed by atoms with Gasteiger partial charge in [-0.1, -0.05) is 107 Å². The van der Waals surface area contributed by atoms with Gasteiger partial charge < -0.3 is 9.13 Å². The van der Waals surface area contributed by atoms with Gasteiger partial charge >= 0.3 is 0 Å². The van der Waals surface area contributed by atoms with Crippen LogP contribution in [0.15, 0.2) is 146 Å². The Morgan fingerprint density at radius 2 is 0.821 bits per heavy atom. The van der Waals surface area contributed by atoms with E-state index in [9.17, 15) is 0 Å². The average molecular weight is 721 g/mol. The molecule has 0 unspecified atom stereocenters. The van der Waals surface area contributed by atoms with Crippen LogP contribution < -0.4 is 0 Å². The molecule has 266 valence electrons. The predicted octanol–water partition coefficient (Wildman–Crippen LogP) is 12.9. The van der Waals surface area contributed by atoms with Crippen LogP contribution in [0, 0.1) is 34.3 Å². The second-order valence-corrected chi connectivity index (χ2v) is 14.8. The van der Waals surface area contributed by atoms with Gasteiger partial charge in [-0.2, -0.15) is 0 Å². The van der Waals surface area contributed by atoms with E-state index in [-0.39, 0.29) is 0 Å². The first-order valence-corrected chi connectivity index (χ1v) is 18.8. The molecule has 0 spiro atoms. The Morgan fingerprint density at radius 1 is 0.429 bits per heavy atom. The van der Waals surface area contributed by atoms with E-state index in [0.29, 0.717) is 23.2 Å². The highest BCUT2D eigenvalue weighted by Crippen LogP contribution is 2.44. The van der Waals surface area contributed by atoms with Gasteiger partial charge in [-0.05, 0) is 88.4 Å². The molecule has 56 heavy (non-hydrogen) atoms. The lowest BCUT2D eigenvalue weighted by Crippen LogP contribution is -2.05. The average Bonchev–Trinajstić information content (AvgIpc) is 3.71. The molecule has 0 aliphatic rings. The minimum atomic E-state index is 0.487. The maximum atomic E-state index is 8.84.